The number of rotatable bonds is 8. The zero-order valence-corrected chi connectivity index (χ0v) is 16.5. The van der Waals surface area contributed by atoms with Crippen molar-refractivity contribution in [3.63, 3.8) is 0 Å². The van der Waals surface area contributed by atoms with Crippen molar-refractivity contribution in [1.82, 2.24) is 10.1 Å². The second-order valence-electron chi connectivity index (χ2n) is 7.28. The van der Waals surface area contributed by atoms with Crippen molar-refractivity contribution in [2.75, 3.05) is 38.3 Å². The average Bonchev–Trinajstić information content (AvgIpc) is 3.34. The first-order valence-corrected chi connectivity index (χ1v) is 9.68. The molecule has 27 heavy (non-hydrogen) atoms. The maximum absolute atomic E-state index is 12.8. The molecule has 6 nitrogen and oxygen atoms in total. The zero-order chi connectivity index (χ0) is 19.2. The Morgan fingerprint density at radius 2 is 1.96 bits per heavy atom. The van der Waals surface area contributed by atoms with E-state index >= 15 is 0 Å². The normalized spacial score (nSPS) is 14.1. The Kier molecular flexibility index (Phi) is 6.50. The Balaban J connectivity index is 1.96. The molecule has 0 aliphatic carbocycles. The van der Waals surface area contributed by atoms with E-state index in [4.69, 9.17) is 9.26 Å². The second kappa shape index (κ2) is 9.04. The molecule has 1 amide bonds. The molecule has 146 valence electrons. The fourth-order valence-electron chi connectivity index (χ4n) is 3.46. The van der Waals surface area contributed by atoms with E-state index in [0.29, 0.717) is 19.7 Å². The molecule has 0 N–H and O–H groups in total. The number of benzene rings is 1. The quantitative estimate of drug-likeness (QED) is 0.710. The maximum atomic E-state index is 12.8. The molecule has 2 aromatic rings. The first kappa shape index (κ1) is 19.4. The molecule has 1 saturated heterocycles. The fourth-order valence-corrected chi connectivity index (χ4v) is 3.46. The van der Waals surface area contributed by atoms with E-state index in [9.17, 15) is 4.79 Å². The summed E-state index contributed by atoms with van der Waals surface area (Å²) in [6.45, 7) is 7.31. The Morgan fingerprint density at radius 1 is 1.26 bits per heavy atom. The van der Waals surface area contributed by atoms with E-state index in [2.05, 4.69) is 10.1 Å². The second-order valence-corrected chi connectivity index (χ2v) is 7.28. The van der Waals surface area contributed by atoms with Gasteiger partial charge < -0.3 is 19.1 Å². The van der Waals surface area contributed by atoms with Crippen LogP contribution in [0.3, 0.4) is 0 Å². The van der Waals surface area contributed by atoms with Crippen LogP contribution >= 0.6 is 0 Å². The molecule has 0 radical (unpaired) electrons. The molecule has 0 atom stereocenters. The van der Waals surface area contributed by atoms with Crippen molar-refractivity contribution in [3.05, 3.63) is 35.9 Å². The number of methoxy groups -OCH3 is 1. The number of hydrogen-bond acceptors (Lipinski definition) is 5. The van der Waals surface area contributed by atoms with Crippen LogP contribution in [0.2, 0.25) is 0 Å². The minimum Gasteiger partial charge on any atom is -0.383 e. The number of hydrogen-bond donors (Lipinski definition) is 0. The van der Waals surface area contributed by atoms with E-state index in [-0.39, 0.29) is 11.8 Å². The van der Waals surface area contributed by atoms with E-state index in [1.165, 1.54) is 0 Å². The standard InChI is InChI=1S/C21H29N3O3/c1-16(2)20(25)24(13-14-26-3)15-18-19(17-9-5-4-6-10-17)22-27-21(18)23-11-7-8-12-23/h4-6,9-10,16H,7-8,11-15H2,1-3H3. The predicted molar refractivity (Wildman–Crippen MR) is 106 cm³/mol. The van der Waals surface area contributed by atoms with E-state index in [1.807, 2.05) is 49.1 Å². The summed E-state index contributed by atoms with van der Waals surface area (Å²) in [5.41, 5.74) is 2.80. The summed E-state index contributed by atoms with van der Waals surface area (Å²) in [5, 5.41) is 4.38. The van der Waals surface area contributed by atoms with Crippen molar-refractivity contribution in [2.24, 2.45) is 5.92 Å². The van der Waals surface area contributed by atoms with Gasteiger partial charge in [-0.05, 0) is 12.8 Å². The average molecular weight is 371 g/mol. The third-order valence-corrected chi connectivity index (χ3v) is 4.93. The van der Waals surface area contributed by atoms with Crippen molar-refractivity contribution >= 4 is 11.8 Å². The number of carbonyl (C=O) groups excluding carboxylic acids is 1. The van der Waals surface area contributed by atoms with Crippen LogP contribution in [0.15, 0.2) is 34.9 Å². The fraction of sp³-hybridized carbons (Fsp3) is 0.524. The minimum atomic E-state index is -0.0721. The number of anilines is 1. The summed E-state index contributed by atoms with van der Waals surface area (Å²) in [7, 11) is 1.66. The highest BCUT2D eigenvalue weighted by Crippen LogP contribution is 2.34. The third-order valence-electron chi connectivity index (χ3n) is 4.93. The molecule has 1 aliphatic rings. The number of ether oxygens (including phenoxy) is 1. The Labute approximate surface area is 161 Å². The molecule has 1 aromatic heterocycles. The largest absolute Gasteiger partial charge is 0.383 e. The number of amides is 1. The highest BCUT2D eigenvalue weighted by Gasteiger charge is 2.28. The summed E-state index contributed by atoms with van der Waals surface area (Å²) in [6.07, 6.45) is 2.30. The molecule has 1 fully saturated rings. The molecule has 1 aliphatic heterocycles. The topological polar surface area (TPSA) is 58.8 Å². The van der Waals surface area contributed by atoms with Crippen LogP contribution in [0, 0.1) is 5.92 Å². The van der Waals surface area contributed by atoms with Gasteiger partial charge in [0, 0.05) is 38.2 Å². The first-order valence-electron chi connectivity index (χ1n) is 9.68. The van der Waals surface area contributed by atoms with Gasteiger partial charge in [0.15, 0.2) is 0 Å². The van der Waals surface area contributed by atoms with Gasteiger partial charge in [0.2, 0.25) is 11.8 Å². The summed E-state index contributed by atoms with van der Waals surface area (Å²) in [4.78, 5) is 16.9. The highest BCUT2D eigenvalue weighted by molar-refractivity contribution is 5.79. The lowest BCUT2D eigenvalue weighted by Gasteiger charge is -2.25. The van der Waals surface area contributed by atoms with Crippen LogP contribution in [0.1, 0.15) is 32.3 Å². The molecule has 0 unspecified atom stereocenters. The summed E-state index contributed by atoms with van der Waals surface area (Å²) in [6, 6.07) is 10.0. The van der Waals surface area contributed by atoms with Gasteiger partial charge >= 0.3 is 0 Å². The molecular formula is C21H29N3O3. The van der Waals surface area contributed by atoms with Gasteiger partial charge in [0.25, 0.3) is 0 Å². The SMILES string of the molecule is COCCN(Cc1c(-c2ccccc2)noc1N1CCCC1)C(=O)C(C)C. The smallest absolute Gasteiger partial charge is 0.232 e. The molecule has 1 aromatic carbocycles. The Bertz CT molecular complexity index is 736. The molecule has 0 bridgehead atoms. The van der Waals surface area contributed by atoms with Gasteiger partial charge in [0.1, 0.15) is 5.69 Å². The number of aromatic nitrogens is 1. The predicted octanol–water partition coefficient (Wildman–Crippen LogP) is 3.57. The molecule has 6 heteroatoms. The lowest BCUT2D eigenvalue weighted by atomic mass is 10.1. The van der Waals surface area contributed by atoms with Crippen molar-refractivity contribution in [2.45, 2.75) is 33.2 Å². The van der Waals surface area contributed by atoms with Crippen LogP contribution in [0.4, 0.5) is 5.88 Å². The van der Waals surface area contributed by atoms with Crippen LogP contribution < -0.4 is 4.90 Å². The minimum absolute atomic E-state index is 0.0721. The first-order chi connectivity index (χ1) is 13.1. The monoisotopic (exact) mass is 371 g/mol. The molecular weight excluding hydrogens is 342 g/mol. The van der Waals surface area contributed by atoms with E-state index in [0.717, 1.165) is 48.6 Å². The van der Waals surface area contributed by atoms with Crippen LogP contribution in [-0.2, 0) is 16.1 Å². The van der Waals surface area contributed by atoms with Crippen molar-refractivity contribution in [3.8, 4) is 11.3 Å². The van der Waals surface area contributed by atoms with Gasteiger partial charge in [-0.1, -0.05) is 49.3 Å². The van der Waals surface area contributed by atoms with Crippen LogP contribution in [0.25, 0.3) is 11.3 Å². The van der Waals surface area contributed by atoms with Crippen LogP contribution in [0.5, 0.6) is 0 Å². The molecule has 0 saturated carbocycles. The number of nitrogens with zero attached hydrogens (tertiary/aromatic N) is 3. The number of carbonyl (C=O) groups is 1. The highest BCUT2D eigenvalue weighted by atomic mass is 16.5. The Hall–Kier alpha value is -2.34. The molecule has 2 heterocycles. The van der Waals surface area contributed by atoms with Gasteiger partial charge in [-0.3, -0.25) is 4.79 Å². The van der Waals surface area contributed by atoms with Crippen LogP contribution in [-0.4, -0.2) is 49.3 Å². The molecule has 0 spiro atoms. The van der Waals surface area contributed by atoms with E-state index < -0.39 is 0 Å². The van der Waals surface area contributed by atoms with Gasteiger partial charge in [-0.15, -0.1) is 0 Å². The summed E-state index contributed by atoms with van der Waals surface area (Å²) in [5.74, 6) is 0.835. The zero-order valence-electron chi connectivity index (χ0n) is 16.5. The van der Waals surface area contributed by atoms with Crippen molar-refractivity contribution < 1.29 is 14.1 Å². The molecule has 3 rings (SSSR count). The third kappa shape index (κ3) is 4.50. The Morgan fingerprint density at radius 3 is 2.59 bits per heavy atom. The van der Waals surface area contributed by atoms with Gasteiger partial charge in [-0.2, -0.15) is 0 Å². The summed E-state index contributed by atoms with van der Waals surface area (Å²) >= 11 is 0. The maximum Gasteiger partial charge on any atom is 0.232 e. The lowest BCUT2D eigenvalue weighted by Crippen LogP contribution is -2.36. The van der Waals surface area contributed by atoms with Gasteiger partial charge in [-0.25, -0.2) is 0 Å². The lowest BCUT2D eigenvalue weighted by molar-refractivity contribution is -0.135. The van der Waals surface area contributed by atoms with Crippen molar-refractivity contribution in [1.29, 1.82) is 0 Å². The summed E-state index contributed by atoms with van der Waals surface area (Å²) < 4.78 is 11.0. The van der Waals surface area contributed by atoms with Gasteiger partial charge in [0.05, 0.1) is 18.7 Å². The van der Waals surface area contributed by atoms with E-state index in [1.54, 1.807) is 7.11 Å².